The molecule has 0 unspecified atom stereocenters. The quantitative estimate of drug-likeness (QED) is 0.676. The third kappa shape index (κ3) is 2.91. The molecule has 1 aromatic heterocycles. The number of nitrogen functional groups attached to an aromatic ring is 1. The summed E-state index contributed by atoms with van der Waals surface area (Å²) in [6.07, 6.45) is 1.19. The lowest BCUT2D eigenvalue weighted by atomic mass is 10.3. The maximum Gasteiger partial charge on any atom is 0.311 e. The molecule has 0 aliphatic carbocycles. The monoisotopic (exact) mass is 344 g/mol. The molecular weight excluding hydrogens is 339 g/mol. The van der Waals surface area contributed by atoms with Crippen molar-refractivity contribution in [2.45, 2.75) is 0 Å². The Morgan fingerprint density at radius 3 is 2.84 bits per heavy atom. The summed E-state index contributed by atoms with van der Waals surface area (Å²) in [6.45, 7) is 0. The zero-order valence-electron chi connectivity index (χ0n) is 9.21. The highest BCUT2D eigenvalue weighted by atomic mass is 79.9. The summed E-state index contributed by atoms with van der Waals surface area (Å²) in [5.41, 5.74) is 5.34. The number of nitro groups is 1. The normalized spacial score (nSPS) is 10.2. The van der Waals surface area contributed by atoms with Crippen LogP contribution in [-0.4, -0.2) is 14.9 Å². The van der Waals surface area contributed by atoms with Crippen molar-refractivity contribution in [2.24, 2.45) is 0 Å². The molecule has 1 heterocycles. The van der Waals surface area contributed by atoms with Crippen LogP contribution in [0.3, 0.4) is 0 Å². The van der Waals surface area contributed by atoms with Crippen LogP contribution in [-0.2, 0) is 0 Å². The second-order valence-electron chi connectivity index (χ2n) is 3.35. The van der Waals surface area contributed by atoms with Gasteiger partial charge in [-0.05, 0) is 22.0 Å². The van der Waals surface area contributed by atoms with Crippen molar-refractivity contribution < 1.29 is 9.66 Å². The van der Waals surface area contributed by atoms with Crippen LogP contribution in [0.25, 0.3) is 0 Å². The highest BCUT2D eigenvalue weighted by Crippen LogP contribution is 2.36. The van der Waals surface area contributed by atoms with Gasteiger partial charge in [0.2, 0.25) is 11.6 Å². The van der Waals surface area contributed by atoms with Gasteiger partial charge in [-0.1, -0.05) is 11.6 Å². The highest BCUT2D eigenvalue weighted by Gasteiger charge is 2.18. The lowest BCUT2D eigenvalue weighted by Gasteiger charge is -2.07. The smallest absolute Gasteiger partial charge is 0.311 e. The summed E-state index contributed by atoms with van der Waals surface area (Å²) in [4.78, 5) is 17.9. The number of nitro benzene ring substituents is 1. The fraction of sp³-hybridized carbons (Fsp3) is 0. The molecule has 0 aliphatic rings. The number of hydrogen-bond donors (Lipinski definition) is 1. The van der Waals surface area contributed by atoms with Gasteiger partial charge in [-0.25, -0.2) is 9.97 Å². The molecule has 0 amide bonds. The third-order valence-electron chi connectivity index (χ3n) is 2.11. The molecule has 9 heteroatoms. The van der Waals surface area contributed by atoms with E-state index in [0.29, 0.717) is 9.50 Å². The van der Waals surface area contributed by atoms with E-state index >= 15 is 0 Å². The van der Waals surface area contributed by atoms with E-state index in [2.05, 4.69) is 25.9 Å². The molecule has 98 valence electrons. The second-order valence-corrected chi connectivity index (χ2v) is 4.58. The molecule has 0 spiro atoms. The minimum absolute atomic E-state index is 0.0312. The number of hydrogen-bond acceptors (Lipinski definition) is 6. The predicted molar refractivity (Wildman–Crippen MR) is 72.3 cm³/mol. The van der Waals surface area contributed by atoms with E-state index in [4.69, 9.17) is 22.1 Å². The Balaban J connectivity index is 2.45. The Morgan fingerprint density at radius 1 is 1.42 bits per heavy atom. The molecule has 0 fully saturated rings. The molecule has 0 atom stereocenters. The van der Waals surface area contributed by atoms with Crippen LogP contribution in [0.4, 0.5) is 11.5 Å². The first-order valence-electron chi connectivity index (χ1n) is 4.87. The van der Waals surface area contributed by atoms with E-state index in [9.17, 15) is 10.1 Å². The van der Waals surface area contributed by atoms with E-state index in [-0.39, 0.29) is 23.1 Å². The zero-order valence-corrected chi connectivity index (χ0v) is 11.6. The van der Waals surface area contributed by atoms with Gasteiger partial charge in [-0.2, -0.15) is 0 Å². The van der Waals surface area contributed by atoms with Crippen molar-refractivity contribution in [2.75, 3.05) is 5.73 Å². The van der Waals surface area contributed by atoms with Crippen LogP contribution in [0.15, 0.2) is 29.0 Å². The van der Waals surface area contributed by atoms with Gasteiger partial charge in [0.1, 0.15) is 16.6 Å². The van der Waals surface area contributed by atoms with Crippen molar-refractivity contribution in [1.82, 2.24) is 9.97 Å². The Hall–Kier alpha value is -1.93. The Kier molecular flexibility index (Phi) is 3.82. The van der Waals surface area contributed by atoms with Gasteiger partial charge in [0.15, 0.2) is 0 Å². The number of nitrogens with two attached hydrogens (primary N) is 1. The first-order chi connectivity index (χ1) is 8.99. The molecular formula is C10H6BrClN4O3. The minimum atomic E-state index is -0.579. The SMILES string of the molecule is Nc1ncnc(Oc2cc(Cl)ccc2[N+](=O)[O-])c1Br. The number of halogens is 2. The lowest BCUT2D eigenvalue weighted by molar-refractivity contribution is -0.385. The lowest BCUT2D eigenvalue weighted by Crippen LogP contribution is -1.98. The number of nitrogens with zero attached hydrogens (tertiary/aromatic N) is 3. The number of anilines is 1. The van der Waals surface area contributed by atoms with Crippen LogP contribution >= 0.6 is 27.5 Å². The van der Waals surface area contributed by atoms with Crippen molar-refractivity contribution in [1.29, 1.82) is 0 Å². The highest BCUT2D eigenvalue weighted by molar-refractivity contribution is 9.10. The van der Waals surface area contributed by atoms with Crippen molar-refractivity contribution in [3.05, 3.63) is 44.1 Å². The van der Waals surface area contributed by atoms with Crippen LogP contribution in [0.1, 0.15) is 0 Å². The molecule has 0 saturated carbocycles. The van der Waals surface area contributed by atoms with Crippen LogP contribution in [0.2, 0.25) is 5.02 Å². The van der Waals surface area contributed by atoms with E-state index in [1.54, 1.807) is 0 Å². The Bertz CT molecular complexity index is 653. The van der Waals surface area contributed by atoms with Crippen LogP contribution in [0, 0.1) is 10.1 Å². The van der Waals surface area contributed by atoms with Gasteiger partial charge >= 0.3 is 5.69 Å². The maximum absolute atomic E-state index is 10.9. The first-order valence-corrected chi connectivity index (χ1v) is 6.04. The zero-order chi connectivity index (χ0) is 14.0. The first kappa shape index (κ1) is 13.5. The number of aromatic nitrogens is 2. The molecule has 1 aromatic carbocycles. The average molecular weight is 346 g/mol. The molecule has 7 nitrogen and oxygen atoms in total. The molecule has 0 aliphatic heterocycles. The van der Waals surface area contributed by atoms with Gasteiger partial charge in [0.05, 0.1) is 4.92 Å². The molecule has 0 saturated heterocycles. The molecule has 19 heavy (non-hydrogen) atoms. The molecule has 2 aromatic rings. The Morgan fingerprint density at radius 2 is 2.16 bits per heavy atom. The number of benzene rings is 1. The predicted octanol–water partition coefficient (Wildman–Crippen LogP) is 3.18. The van der Waals surface area contributed by atoms with E-state index < -0.39 is 4.92 Å². The number of rotatable bonds is 3. The summed E-state index contributed by atoms with van der Waals surface area (Å²) < 4.78 is 5.67. The fourth-order valence-electron chi connectivity index (χ4n) is 1.26. The van der Waals surface area contributed by atoms with Crippen LogP contribution in [0.5, 0.6) is 11.6 Å². The van der Waals surface area contributed by atoms with Gasteiger partial charge in [-0.15, -0.1) is 0 Å². The maximum atomic E-state index is 10.9. The van der Waals surface area contributed by atoms with Gasteiger partial charge < -0.3 is 10.5 Å². The average Bonchev–Trinajstić information content (AvgIpc) is 2.35. The second kappa shape index (κ2) is 5.37. The van der Waals surface area contributed by atoms with E-state index in [1.807, 2.05) is 0 Å². The molecule has 0 radical (unpaired) electrons. The molecule has 2 rings (SSSR count). The topological polar surface area (TPSA) is 104 Å². The molecule has 2 N–H and O–H groups in total. The summed E-state index contributed by atoms with van der Waals surface area (Å²) in [6, 6.07) is 3.97. The van der Waals surface area contributed by atoms with Gasteiger partial charge in [0, 0.05) is 17.2 Å². The standard InChI is InChI=1S/C10H6BrClN4O3/c11-8-9(13)14-4-15-10(8)19-7-3-5(12)1-2-6(7)16(17)18/h1-4H,(H2,13,14,15). The van der Waals surface area contributed by atoms with Crippen molar-refractivity contribution >= 4 is 39.0 Å². The summed E-state index contributed by atoms with van der Waals surface area (Å²) in [7, 11) is 0. The third-order valence-corrected chi connectivity index (χ3v) is 3.09. The fourth-order valence-corrected chi connectivity index (χ4v) is 1.71. The van der Waals surface area contributed by atoms with Crippen molar-refractivity contribution in [3.8, 4) is 11.6 Å². The summed E-state index contributed by atoms with van der Waals surface area (Å²) in [5.74, 6) is 0.198. The Labute approximate surface area is 120 Å². The van der Waals surface area contributed by atoms with E-state index in [1.165, 1.54) is 24.5 Å². The van der Waals surface area contributed by atoms with Crippen molar-refractivity contribution in [3.63, 3.8) is 0 Å². The minimum Gasteiger partial charge on any atom is -0.430 e. The summed E-state index contributed by atoms with van der Waals surface area (Å²) in [5, 5.41) is 11.2. The van der Waals surface area contributed by atoms with Gasteiger partial charge in [0.25, 0.3) is 0 Å². The largest absolute Gasteiger partial charge is 0.430 e. The summed E-state index contributed by atoms with van der Waals surface area (Å²) >= 11 is 8.93. The molecule has 0 bridgehead atoms. The van der Waals surface area contributed by atoms with Crippen LogP contribution < -0.4 is 10.5 Å². The number of ether oxygens (including phenoxy) is 1. The van der Waals surface area contributed by atoms with Gasteiger partial charge in [-0.3, -0.25) is 10.1 Å². The van der Waals surface area contributed by atoms with E-state index in [0.717, 1.165) is 0 Å².